The van der Waals surface area contributed by atoms with Crippen molar-refractivity contribution in [2.24, 2.45) is 5.92 Å². The number of nitrogens with zero attached hydrogens (tertiary/aromatic N) is 3. The summed E-state index contributed by atoms with van der Waals surface area (Å²) in [6.45, 7) is 0.560. The van der Waals surface area contributed by atoms with Crippen molar-refractivity contribution in [1.29, 1.82) is 0 Å². The average Bonchev–Trinajstić information content (AvgIpc) is 3.52. The summed E-state index contributed by atoms with van der Waals surface area (Å²) in [4.78, 5) is 13.3. The summed E-state index contributed by atoms with van der Waals surface area (Å²) >= 11 is 6.98. The second-order valence-electron chi connectivity index (χ2n) is 8.12. The molecule has 0 saturated carbocycles. The van der Waals surface area contributed by atoms with Gasteiger partial charge in [-0.05, 0) is 56.4 Å². The van der Waals surface area contributed by atoms with E-state index in [1.807, 2.05) is 30.3 Å². The molecule has 0 radical (unpaired) electrons. The van der Waals surface area contributed by atoms with Crippen LogP contribution in [0.25, 0.3) is 5.69 Å². The number of halogens is 1. The van der Waals surface area contributed by atoms with E-state index in [-0.39, 0.29) is 16.7 Å². The molecule has 1 aromatic carbocycles. The van der Waals surface area contributed by atoms with E-state index in [9.17, 15) is 13.2 Å². The predicted octanol–water partition coefficient (Wildman–Crippen LogP) is 4.12. The molecule has 0 spiro atoms. The van der Waals surface area contributed by atoms with Crippen molar-refractivity contribution >= 4 is 44.7 Å². The van der Waals surface area contributed by atoms with Crippen molar-refractivity contribution in [2.45, 2.75) is 36.3 Å². The normalized spacial score (nSPS) is 19.1. The highest BCUT2D eigenvalue weighted by Crippen LogP contribution is 2.33. The second-order valence-corrected chi connectivity index (χ2v) is 12.0. The van der Waals surface area contributed by atoms with Crippen LogP contribution in [0.4, 0.5) is 5.82 Å². The highest BCUT2D eigenvalue weighted by atomic mass is 35.5. The highest BCUT2D eigenvalue weighted by Gasteiger charge is 2.35. The lowest BCUT2D eigenvalue weighted by atomic mass is 9.99. The molecule has 5 rings (SSSR count). The molecule has 3 heterocycles. The van der Waals surface area contributed by atoms with Crippen LogP contribution in [0, 0.1) is 5.92 Å². The number of carbonyl (C=O) groups is 1. The van der Waals surface area contributed by atoms with E-state index in [0.717, 1.165) is 47.5 Å². The zero-order valence-corrected chi connectivity index (χ0v) is 19.7. The Balaban J connectivity index is 1.38. The van der Waals surface area contributed by atoms with Gasteiger partial charge in [-0.25, -0.2) is 13.1 Å². The number of rotatable bonds is 5. The number of carbonyl (C=O) groups excluding carboxylic acids is 1. The fourth-order valence-electron chi connectivity index (χ4n) is 4.43. The summed E-state index contributed by atoms with van der Waals surface area (Å²) in [6.07, 6.45) is 4.07. The predicted molar refractivity (Wildman–Crippen MR) is 125 cm³/mol. The number of amides is 1. The third-order valence-electron chi connectivity index (χ3n) is 6.05. The maximum absolute atomic E-state index is 13.3. The fraction of sp³-hybridized carbons (Fsp3) is 0.364. The third kappa shape index (κ3) is 3.98. The van der Waals surface area contributed by atoms with Gasteiger partial charge in [0.2, 0.25) is 5.91 Å². The van der Waals surface area contributed by atoms with Gasteiger partial charge in [0.15, 0.2) is 0 Å². The van der Waals surface area contributed by atoms with Crippen molar-refractivity contribution in [1.82, 2.24) is 14.1 Å². The number of nitrogens with one attached hydrogen (secondary N) is 1. The van der Waals surface area contributed by atoms with Crippen LogP contribution in [0.5, 0.6) is 0 Å². The number of hydrogen-bond donors (Lipinski definition) is 1. The monoisotopic (exact) mass is 490 g/mol. The number of benzene rings is 1. The van der Waals surface area contributed by atoms with Gasteiger partial charge < -0.3 is 5.32 Å². The molecule has 2 aliphatic rings. The molecule has 3 aromatic rings. The lowest BCUT2D eigenvalue weighted by molar-refractivity contribution is -0.120. The van der Waals surface area contributed by atoms with Gasteiger partial charge in [0, 0.05) is 18.7 Å². The van der Waals surface area contributed by atoms with Gasteiger partial charge in [-0.3, -0.25) is 4.79 Å². The molecule has 32 heavy (non-hydrogen) atoms. The minimum atomic E-state index is -3.66. The van der Waals surface area contributed by atoms with Gasteiger partial charge in [0.1, 0.15) is 10.0 Å². The Hall–Kier alpha value is -2.20. The molecule has 10 heteroatoms. The van der Waals surface area contributed by atoms with E-state index in [0.29, 0.717) is 29.5 Å². The van der Waals surface area contributed by atoms with Crippen LogP contribution in [0.2, 0.25) is 4.34 Å². The van der Waals surface area contributed by atoms with E-state index >= 15 is 0 Å². The molecule has 7 nitrogen and oxygen atoms in total. The molecule has 168 valence electrons. The first-order valence-corrected chi connectivity index (χ1v) is 13.3. The van der Waals surface area contributed by atoms with Gasteiger partial charge in [-0.15, -0.1) is 11.3 Å². The first-order valence-electron chi connectivity index (χ1n) is 10.7. The molecule has 1 aliphatic heterocycles. The molecule has 1 atom stereocenters. The SMILES string of the molecule is O=C(Nc1c2c(nn1-c1ccccc1)CCC2)C1CCCN(S(=O)(=O)c2ccc(Cl)s2)C1. The van der Waals surface area contributed by atoms with Crippen molar-refractivity contribution in [2.75, 3.05) is 18.4 Å². The molecule has 1 N–H and O–H groups in total. The minimum absolute atomic E-state index is 0.158. The standard InChI is InChI=1S/C22H23ClN4O3S2/c23-19-11-12-20(31-19)32(29,30)26-13-5-6-15(14-26)22(28)24-21-17-9-4-10-18(17)25-27(21)16-7-2-1-3-8-16/h1-3,7-8,11-12,15H,4-6,9-10,13-14H2,(H,24,28). The Morgan fingerprint density at radius 2 is 1.94 bits per heavy atom. The first-order chi connectivity index (χ1) is 15.4. The lowest BCUT2D eigenvalue weighted by Crippen LogP contribution is -2.43. The smallest absolute Gasteiger partial charge is 0.252 e. The zero-order chi connectivity index (χ0) is 22.3. The largest absolute Gasteiger partial charge is 0.310 e. The van der Waals surface area contributed by atoms with Crippen molar-refractivity contribution in [3.63, 3.8) is 0 Å². The molecule has 1 saturated heterocycles. The van der Waals surface area contributed by atoms with Crippen LogP contribution in [-0.2, 0) is 27.7 Å². The Morgan fingerprint density at radius 3 is 2.69 bits per heavy atom. The number of thiophene rings is 1. The molecular weight excluding hydrogens is 468 g/mol. The summed E-state index contributed by atoms with van der Waals surface area (Å²) in [5.74, 6) is 0.116. The Kier molecular flexibility index (Phi) is 5.83. The summed E-state index contributed by atoms with van der Waals surface area (Å²) < 4.78 is 29.9. The first kappa shape index (κ1) is 21.6. The zero-order valence-electron chi connectivity index (χ0n) is 17.3. The third-order valence-corrected chi connectivity index (χ3v) is 9.61. The van der Waals surface area contributed by atoms with Crippen molar-refractivity contribution in [3.05, 3.63) is 58.1 Å². The Bertz CT molecular complexity index is 1250. The van der Waals surface area contributed by atoms with Gasteiger partial charge in [-0.1, -0.05) is 29.8 Å². The number of para-hydroxylation sites is 1. The quantitative estimate of drug-likeness (QED) is 0.583. The van der Waals surface area contributed by atoms with Crippen LogP contribution in [0.15, 0.2) is 46.7 Å². The summed E-state index contributed by atoms with van der Waals surface area (Å²) in [6, 6.07) is 12.8. The molecule has 2 aromatic heterocycles. The summed E-state index contributed by atoms with van der Waals surface area (Å²) in [5.41, 5.74) is 2.99. The van der Waals surface area contributed by atoms with Gasteiger partial charge in [-0.2, -0.15) is 9.40 Å². The van der Waals surface area contributed by atoms with Crippen LogP contribution in [0.1, 0.15) is 30.5 Å². The summed E-state index contributed by atoms with van der Waals surface area (Å²) in [5, 5.41) is 7.84. The molecule has 1 aliphatic carbocycles. The average molecular weight is 491 g/mol. The van der Waals surface area contributed by atoms with E-state index in [2.05, 4.69) is 5.32 Å². The van der Waals surface area contributed by atoms with Crippen LogP contribution in [0.3, 0.4) is 0 Å². The molecule has 0 bridgehead atoms. The molecular formula is C22H23ClN4O3S2. The van der Waals surface area contributed by atoms with Crippen molar-refractivity contribution < 1.29 is 13.2 Å². The lowest BCUT2D eigenvalue weighted by Gasteiger charge is -2.30. The van der Waals surface area contributed by atoms with E-state index in [4.69, 9.17) is 16.7 Å². The van der Waals surface area contributed by atoms with Crippen molar-refractivity contribution in [3.8, 4) is 5.69 Å². The second kappa shape index (κ2) is 8.62. The topological polar surface area (TPSA) is 84.3 Å². The van der Waals surface area contributed by atoms with Crippen LogP contribution in [-0.4, -0.2) is 41.5 Å². The number of aromatic nitrogens is 2. The van der Waals surface area contributed by atoms with Crippen LogP contribution < -0.4 is 5.32 Å². The maximum Gasteiger partial charge on any atom is 0.252 e. The van der Waals surface area contributed by atoms with E-state index in [1.165, 1.54) is 10.4 Å². The Morgan fingerprint density at radius 1 is 1.12 bits per heavy atom. The van der Waals surface area contributed by atoms with E-state index in [1.54, 1.807) is 10.7 Å². The fourth-order valence-corrected chi connectivity index (χ4v) is 7.59. The summed E-state index contributed by atoms with van der Waals surface area (Å²) in [7, 11) is -3.66. The van der Waals surface area contributed by atoms with Gasteiger partial charge in [0.25, 0.3) is 10.0 Å². The minimum Gasteiger partial charge on any atom is -0.310 e. The molecule has 1 amide bonds. The molecule has 1 unspecified atom stereocenters. The molecule has 1 fully saturated rings. The van der Waals surface area contributed by atoms with Crippen LogP contribution >= 0.6 is 22.9 Å². The number of hydrogen-bond acceptors (Lipinski definition) is 5. The Labute approximate surface area is 196 Å². The number of fused-ring (bicyclic) bond motifs is 1. The number of aryl methyl sites for hydroxylation is 1. The highest BCUT2D eigenvalue weighted by molar-refractivity contribution is 7.91. The number of sulfonamides is 1. The van der Waals surface area contributed by atoms with E-state index < -0.39 is 15.9 Å². The number of piperidine rings is 1. The number of anilines is 1. The maximum atomic E-state index is 13.3. The van der Waals surface area contributed by atoms with Gasteiger partial charge >= 0.3 is 0 Å². The van der Waals surface area contributed by atoms with Gasteiger partial charge in [0.05, 0.1) is 21.6 Å².